The van der Waals surface area contributed by atoms with Crippen molar-refractivity contribution in [1.29, 1.82) is 0 Å². The van der Waals surface area contributed by atoms with Gasteiger partial charge in [0.1, 0.15) is 0 Å². The maximum atomic E-state index is 11.0. The van der Waals surface area contributed by atoms with Crippen LogP contribution in [0.15, 0.2) is 25.6 Å². The summed E-state index contributed by atoms with van der Waals surface area (Å²) in [5.74, 6) is 0. The van der Waals surface area contributed by atoms with Crippen LogP contribution in [0.5, 0.6) is 0 Å². The zero-order valence-electron chi connectivity index (χ0n) is 6.14. The molecule has 0 aliphatic heterocycles. The molecule has 0 bridgehead atoms. The Bertz CT molecular complexity index is 278. The molecule has 0 aliphatic carbocycles. The standard InChI is InChI=1S/C7H5Br3NO/c1-11(12)7-5(9)2-4(8)3-6(7)10/h2-3H,1H3. The van der Waals surface area contributed by atoms with Crippen molar-refractivity contribution < 1.29 is 5.21 Å². The highest BCUT2D eigenvalue weighted by Crippen LogP contribution is 2.35. The average Bonchev–Trinajstić information content (AvgIpc) is 1.82. The third kappa shape index (κ3) is 2.22. The number of nitrogens with zero attached hydrogens (tertiary/aromatic N) is 1. The molecule has 0 amide bonds. The number of benzene rings is 1. The van der Waals surface area contributed by atoms with Gasteiger partial charge >= 0.3 is 0 Å². The predicted octanol–water partition coefficient (Wildman–Crippen LogP) is 3.76. The first-order valence-electron chi connectivity index (χ1n) is 3.08. The van der Waals surface area contributed by atoms with Crippen LogP contribution in [0.1, 0.15) is 0 Å². The summed E-state index contributed by atoms with van der Waals surface area (Å²) in [6, 6.07) is 3.66. The van der Waals surface area contributed by atoms with Crippen molar-refractivity contribution in [3.63, 3.8) is 0 Å². The van der Waals surface area contributed by atoms with Gasteiger partial charge in [-0.05, 0) is 44.0 Å². The van der Waals surface area contributed by atoms with E-state index in [1.165, 1.54) is 7.05 Å². The maximum absolute atomic E-state index is 11.0. The van der Waals surface area contributed by atoms with Crippen molar-refractivity contribution >= 4 is 53.5 Å². The molecule has 0 aliphatic rings. The third-order valence-electron chi connectivity index (χ3n) is 1.30. The van der Waals surface area contributed by atoms with Crippen molar-refractivity contribution in [3.05, 3.63) is 25.6 Å². The Labute approximate surface area is 95.9 Å². The lowest BCUT2D eigenvalue weighted by Gasteiger charge is -2.12. The number of hydroxylamine groups is 1. The summed E-state index contributed by atoms with van der Waals surface area (Å²) < 4.78 is 2.45. The van der Waals surface area contributed by atoms with E-state index in [9.17, 15) is 5.21 Å². The second-order valence-corrected chi connectivity index (χ2v) is 4.84. The molecule has 5 heteroatoms. The molecule has 0 heterocycles. The lowest BCUT2D eigenvalue weighted by molar-refractivity contribution is 0.177. The van der Waals surface area contributed by atoms with Crippen LogP contribution in [-0.2, 0) is 5.21 Å². The Morgan fingerprint density at radius 1 is 1.17 bits per heavy atom. The van der Waals surface area contributed by atoms with Crippen LogP contribution in [0.25, 0.3) is 0 Å². The Morgan fingerprint density at radius 2 is 1.58 bits per heavy atom. The van der Waals surface area contributed by atoms with E-state index in [2.05, 4.69) is 47.8 Å². The SMILES string of the molecule is CN([O])c1c(Br)cc(Br)cc1Br. The summed E-state index contributed by atoms with van der Waals surface area (Å²) in [5.41, 5.74) is 0.596. The summed E-state index contributed by atoms with van der Waals surface area (Å²) in [7, 11) is 1.46. The Morgan fingerprint density at radius 3 is 1.92 bits per heavy atom. The van der Waals surface area contributed by atoms with Gasteiger partial charge < -0.3 is 0 Å². The molecule has 0 spiro atoms. The fraction of sp³-hybridized carbons (Fsp3) is 0.143. The van der Waals surface area contributed by atoms with Gasteiger partial charge in [0.2, 0.25) is 0 Å². The Hall–Kier alpha value is 0.420. The molecule has 0 unspecified atom stereocenters. The molecule has 2 nitrogen and oxygen atoms in total. The summed E-state index contributed by atoms with van der Waals surface area (Å²) in [4.78, 5) is 0. The largest absolute Gasteiger partial charge is 0.221 e. The number of hydrogen-bond acceptors (Lipinski definition) is 1. The van der Waals surface area contributed by atoms with Gasteiger partial charge in [0.25, 0.3) is 0 Å². The summed E-state index contributed by atoms with van der Waals surface area (Å²) in [5, 5.41) is 11.8. The highest BCUT2D eigenvalue weighted by Gasteiger charge is 2.10. The van der Waals surface area contributed by atoms with Crippen LogP contribution in [0.3, 0.4) is 0 Å². The zero-order valence-corrected chi connectivity index (χ0v) is 10.9. The molecule has 65 valence electrons. The fourth-order valence-corrected chi connectivity index (χ4v) is 3.59. The van der Waals surface area contributed by atoms with Gasteiger partial charge in [0.15, 0.2) is 0 Å². The van der Waals surface area contributed by atoms with E-state index in [-0.39, 0.29) is 0 Å². The quantitative estimate of drug-likeness (QED) is 0.701. The van der Waals surface area contributed by atoms with Gasteiger partial charge in [-0.1, -0.05) is 21.1 Å². The molecule has 1 rings (SSSR count). The van der Waals surface area contributed by atoms with Crippen molar-refractivity contribution in [1.82, 2.24) is 0 Å². The van der Waals surface area contributed by atoms with E-state index in [1.807, 2.05) is 12.1 Å². The molecule has 0 aromatic heterocycles. The Kier molecular flexibility index (Phi) is 3.58. The monoisotopic (exact) mass is 356 g/mol. The van der Waals surface area contributed by atoms with E-state index in [0.29, 0.717) is 5.69 Å². The van der Waals surface area contributed by atoms with Crippen molar-refractivity contribution in [2.45, 2.75) is 0 Å². The van der Waals surface area contributed by atoms with Crippen LogP contribution in [0, 0.1) is 0 Å². The average molecular weight is 359 g/mol. The van der Waals surface area contributed by atoms with Crippen molar-refractivity contribution in [2.24, 2.45) is 0 Å². The van der Waals surface area contributed by atoms with Gasteiger partial charge in [0.05, 0.1) is 5.69 Å². The molecule has 1 radical (unpaired) electrons. The van der Waals surface area contributed by atoms with Crippen LogP contribution in [-0.4, -0.2) is 7.05 Å². The lowest BCUT2D eigenvalue weighted by atomic mass is 10.3. The highest BCUT2D eigenvalue weighted by molar-refractivity contribution is 9.11. The van der Waals surface area contributed by atoms with Gasteiger partial charge in [-0.2, -0.15) is 0 Å². The summed E-state index contributed by atoms with van der Waals surface area (Å²) >= 11 is 9.91. The second kappa shape index (κ2) is 4.09. The van der Waals surface area contributed by atoms with Crippen molar-refractivity contribution in [3.8, 4) is 0 Å². The van der Waals surface area contributed by atoms with Crippen LogP contribution in [0.4, 0.5) is 5.69 Å². The normalized spacial score (nSPS) is 10.1. The maximum Gasteiger partial charge on any atom is 0.0948 e. The second-order valence-electron chi connectivity index (χ2n) is 2.22. The minimum Gasteiger partial charge on any atom is -0.221 e. The third-order valence-corrected chi connectivity index (χ3v) is 2.96. The smallest absolute Gasteiger partial charge is 0.0948 e. The molecule has 0 atom stereocenters. The van der Waals surface area contributed by atoms with E-state index in [0.717, 1.165) is 18.5 Å². The molecular weight excluding hydrogens is 354 g/mol. The van der Waals surface area contributed by atoms with E-state index >= 15 is 0 Å². The molecular formula is C7H5Br3NO. The minimum atomic E-state index is 0.596. The highest BCUT2D eigenvalue weighted by atomic mass is 79.9. The molecule has 0 saturated heterocycles. The van der Waals surface area contributed by atoms with Gasteiger partial charge in [-0.25, -0.2) is 5.06 Å². The summed E-state index contributed by atoms with van der Waals surface area (Å²) in [6.45, 7) is 0. The first-order valence-corrected chi connectivity index (χ1v) is 5.45. The fourth-order valence-electron chi connectivity index (χ4n) is 0.835. The van der Waals surface area contributed by atoms with Crippen molar-refractivity contribution in [2.75, 3.05) is 12.1 Å². The first kappa shape index (κ1) is 10.5. The first-order chi connectivity index (χ1) is 5.52. The van der Waals surface area contributed by atoms with E-state index in [1.54, 1.807) is 0 Å². The topological polar surface area (TPSA) is 23.1 Å². The number of hydrogen-bond donors (Lipinski definition) is 0. The number of anilines is 1. The molecule has 0 saturated carbocycles. The molecule has 12 heavy (non-hydrogen) atoms. The molecule has 1 aromatic carbocycles. The number of rotatable bonds is 1. The summed E-state index contributed by atoms with van der Waals surface area (Å²) in [6.07, 6.45) is 0. The molecule has 1 aromatic rings. The van der Waals surface area contributed by atoms with Crippen LogP contribution < -0.4 is 5.06 Å². The van der Waals surface area contributed by atoms with E-state index in [4.69, 9.17) is 0 Å². The predicted molar refractivity (Wildman–Crippen MR) is 58.6 cm³/mol. The number of halogens is 3. The molecule has 0 N–H and O–H groups in total. The van der Waals surface area contributed by atoms with Crippen LogP contribution in [0.2, 0.25) is 0 Å². The van der Waals surface area contributed by atoms with E-state index < -0.39 is 0 Å². The van der Waals surface area contributed by atoms with Gasteiger partial charge in [0, 0.05) is 20.5 Å². The van der Waals surface area contributed by atoms with Gasteiger partial charge in [-0.15, -0.1) is 0 Å². The molecule has 0 fully saturated rings. The zero-order chi connectivity index (χ0) is 9.30. The minimum absolute atomic E-state index is 0.596. The lowest BCUT2D eigenvalue weighted by Crippen LogP contribution is -2.08. The van der Waals surface area contributed by atoms with Crippen LogP contribution >= 0.6 is 47.8 Å². The van der Waals surface area contributed by atoms with Gasteiger partial charge in [-0.3, -0.25) is 0 Å². The Balaban J connectivity index is 3.28.